The Morgan fingerprint density at radius 2 is 1.38 bits per heavy atom. The van der Waals surface area contributed by atoms with Gasteiger partial charge in [-0.2, -0.15) is 5.26 Å². The molecule has 0 radical (unpaired) electrons. The number of hydrogen-bond donors (Lipinski definition) is 0. The van der Waals surface area contributed by atoms with E-state index in [1.54, 1.807) is 33.0 Å². The van der Waals surface area contributed by atoms with Gasteiger partial charge in [0, 0.05) is 44.1 Å². The Hall–Kier alpha value is -4.29. The molecule has 13 nitrogen and oxygen atoms in total. The number of rotatable bonds is 21. The summed E-state index contributed by atoms with van der Waals surface area (Å²) >= 11 is 0. The number of aliphatic imine (C=N–C) groups is 1. The molecular formula is C48H67N6O7PSi. The molecule has 1 fully saturated rings. The molecule has 0 aliphatic carbocycles. The molecule has 0 bridgehead atoms. The maximum absolute atomic E-state index is 9.57. The number of nitriles is 1. The number of hydrogen-bond acceptors (Lipinski definition) is 12. The molecule has 1 aromatic heterocycles. The third-order valence-electron chi connectivity index (χ3n) is 11.4. The lowest BCUT2D eigenvalue weighted by Gasteiger charge is -2.42. The predicted octanol–water partition coefficient (Wildman–Crippen LogP) is 10.2. The summed E-state index contributed by atoms with van der Waals surface area (Å²) in [5, 5.41) is 9.42. The van der Waals surface area contributed by atoms with Gasteiger partial charge >= 0.3 is 0 Å². The minimum absolute atomic E-state index is 0.0605. The fraction of sp³-hybridized carbons (Fsp3) is 0.500. The summed E-state index contributed by atoms with van der Waals surface area (Å²) in [4.78, 5) is 15.5. The van der Waals surface area contributed by atoms with Gasteiger partial charge in [0.1, 0.15) is 41.5 Å². The second kappa shape index (κ2) is 22.1. The highest BCUT2D eigenvalue weighted by Gasteiger charge is 2.54. The topological polar surface area (TPSA) is 133 Å². The molecule has 340 valence electrons. The van der Waals surface area contributed by atoms with E-state index in [-0.39, 0.29) is 36.8 Å². The van der Waals surface area contributed by atoms with Crippen LogP contribution in [0.25, 0.3) is 0 Å². The fourth-order valence-electron chi connectivity index (χ4n) is 7.29. The molecule has 4 aromatic rings. The Morgan fingerprint density at radius 3 is 1.86 bits per heavy atom. The Labute approximate surface area is 377 Å². The Kier molecular flexibility index (Phi) is 17.4. The summed E-state index contributed by atoms with van der Waals surface area (Å²) in [7, 11) is 2.84. The first-order valence-electron chi connectivity index (χ1n) is 21.5. The number of methoxy groups -OCH3 is 2. The van der Waals surface area contributed by atoms with Gasteiger partial charge in [0.15, 0.2) is 8.32 Å². The van der Waals surface area contributed by atoms with Gasteiger partial charge in [0.25, 0.3) is 14.5 Å². The highest BCUT2D eigenvalue weighted by atomic mass is 31.2. The molecule has 1 aliphatic heterocycles. The first kappa shape index (κ1) is 49.7. The van der Waals surface area contributed by atoms with Crippen LogP contribution in [0.3, 0.4) is 0 Å². The number of nitrogens with zero attached hydrogens (tertiary/aromatic N) is 6. The normalized spacial score (nSPS) is 18.9. The van der Waals surface area contributed by atoms with E-state index >= 15 is 0 Å². The van der Waals surface area contributed by atoms with E-state index in [1.807, 2.05) is 85.7 Å². The van der Waals surface area contributed by atoms with Crippen LogP contribution in [0.15, 0.2) is 96.2 Å². The summed E-state index contributed by atoms with van der Waals surface area (Å²) in [6.07, 6.45) is 2.72. The molecule has 15 heteroatoms. The molecule has 1 unspecified atom stereocenters. The molecule has 0 saturated carbocycles. The van der Waals surface area contributed by atoms with Gasteiger partial charge in [-0.05, 0) is 86.8 Å². The van der Waals surface area contributed by atoms with E-state index in [9.17, 15) is 5.26 Å². The van der Waals surface area contributed by atoms with Crippen molar-refractivity contribution in [3.63, 3.8) is 0 Å². The van der Waals surface area contributed by atoms with Crippen LogP contribution in [0.5, 0.6) is 11.5 Å². The fourth-order valence-corrected chi connectivity index (χ4v) is 10.4. The smallest absolute Gasteiger partial charge is 0.259 e. The number of aromatic nitrogens is 2. The summed E-state index contributed by atoms with van der Waals surface area (Å²) in [5.74, 6) is 1.77. The van der Waals surface area contributed by atoms with Crippen molar-refractivity contribution in [3.05, 3.63) is 114 Å². The van der Waals surface area contributed by atoms with Gasteiger partial charge in [-0.1, -0.05) is 75.4 Å². The average Bonchev–Trinajstić information content (AvgIpc) is 3.58. The second-order valence-electron chi connectivity index (χ2n) is 17.9. The zero-order chi connectivity index (χ0) is 46.0. The zero-order valence-electron chi connectivity index (χ0n) is 39.3. The molecule has 0 amide bonds. The van der Waals surface area contributed by atoms with Crippen LogP contribution in [-0.2, 0) is 28.5 Å². The van der Waals surface area contributed by atoms with Crippen LogP contribution in [0.1, 0.15) is 83.2 Å². The van der Waals surface area contributed by atoms with Crippen molar-refractivity contribution in [1.82, 2.24) is 19.5 Å². The van der Waals surface area contributed by atoms with Gasteiger partial charge in [0.05, 0.1) is 46.3 Å². The van der Waals surface area contributed by atoms with E-state index < -0.39 is 46.9 Å². The van der Waals surface area contributed by atoms with Gasteiger partial charge in [-0.25, -0.2) is 19.6 Å². The van der Waals surface area contributed by atoms with Crippen LogP contribution >= 0.6 is 8.53 Å². The average molecular weight is 899 g/mol. The molecule has 0 spiro atoms. The maximum Gasteiger partial charge on any atom is 0.259 e. The lowest BCUT2D eigenvalue weighted by Crippen LogP contribution is -2.49. The van der Waals surface area contributed by atoms with Crippen LogP contribution < -0.4 is 9.47 Å². The molecule has 3 aromatic carbocycles. The van der Waals surface area contributed by atoms with Crippen molar-refractivity contribution in [3.8, 4) is 17.6 Å². The molecule has 2 heterocycles. The lowest BCUT2D eigenvalue weighted by molar-refractivity contribution is -0.0807. The molecule has 0 N–H and O–H groups in total. The Balaban J connectivity index is 1.72. The van der Waals surface area contributed by atoms with Crippen molar-refractivity contribution in [2.75, 3.05) is 41.5 Å². The standard InChI is InChI=1S/C48H67N6O7PSi/c1-34(2)54(35(3)4)62(58-29-17-28-49)60-44-42(59-43(45(44)61-63(12,13)47(5,6)7)36-30-50-46(51-31-36)52-33-53(8)9)32-57-48(37-18-15-14-16-19-37,38-20-24-40(55-10)25-21-38)39-22-26-41(56-11)27-23-39/h14-16,18-27,30-31,33-35,42-45H,17,29,32H2,1-13H3/b52-33+/t42-,43+,44-,45+,62?/m1/s1. The minimum Gasteiger partial charge on any atom is -0.497 e. The molecule has 5 atom stereocenters. The van der Waals surface area contributed by atoms with Crippen molar-refractivity contribution in [2.45, 2.75) is 115 Å². The van der Waals surface area contributed by atoms with Crippen molar-refractivity contribution >= 4 is 29.1 Å². The first-order chi connectivity index (χ1) is 29.9. The molecule has 5 rings (SSSR count). The van der Waals surface area contributed by atoms with E-state index in [0.29, 0.717) is 5.95 Å². The summed E-state index contributed by atoms with van der Waals surface area (Å²) in [6.45, 7) is 19.9. The largest absolute Gasteiger partial charge is 0.497 e. The minimum atomic E-state index is -2.53. The van der Waals surface area contributed by atoms with Crippen molar-refractivity contribution in [1.29, 1.82) is 5.26 Å². The van der Waals surface area contributed by atoms with Crippen LogP contribution in [-0.4, -0.2) is 106 Å². The van der Waals surface area contributed by atoms with Crippen LogP contribution in [0.4, 0.5) is 5.95 Å². The summed E-state index contributed by atoms with van der Waals surface area (Å²) in [6, 6.07) is 28.5. The first-order valence-corrected chi connectivity index (χ1v) is 25.6. The zero-order valence-corrected chi connectivity index (χ0v) is 41.2. The third kappa shape index (κ3) is 12.1. The molecule has 1 saturated heterocycles. The van der Waals surface area contributed by atoms with Crippen molar-refractivity contribution < 1.29 is 32.4 Å². The SMILES string of the molecule is COc1ccc(C(OC[C@H]2O[C@@H](c3cnc(/N=C/N(C)C)nc3)[C@H](O[Si](C)(C)C(C)(C)C)[C@@H]2OP(OCCC#N)N(C(C)C)C(C)C)(c2ccccc2)c2ccc(OC)cc2)cc1. The van der Waals surface area contributed by atoms with E-state index in [1.165, 1.54) is 0 Å². The van der Waals surface area contributed by atoms with E-state index in [2.05, 4.69) is 99.4 Å². The highest BCUT2D eigenvalue weighted by Crippen LogP contribution is 2.53. The van der Waals surface area contributed by atoms with Gasteiger partial charge < -0.3 is 37.3 Å². The van der Waals surface area contributed by atoms with Gasteiger partial charge in [-0.15, -0.1) is 0 Å². The van der Waals surface area contributed by atoms with E-state index in [0.717, 1.165) is 33.8 Å². The quantitative estimate of drug-likeness (QED) is 0.0197. The summed E-state index contributed by atoms with van der Waals surface area (Å²) < 4.78 is 49.6. The summed E-state index contributed by atoms with van der Waals surface area (Å²) in [5.41, 5.74) is 2.27. The molecule has 1 aliphatic rings. The molecule has 63 heavy (non-hydrogen) atoms. The predicted molar refractivity (Wildman–Crippen MR) is 252 cm³/mol. The Bertz CT molecular complexity index is 2020. The number of ether oxygens (including phenoxy) is 4. The van der Waals surface area contributed by atoms with Crippen LogP contribution in [0, 0.1) is 11.3 Å². The highest BCUT2D eigenvalue weighted by molar-refractivity contribution is 7.44. The van der Waals surface area contributed by atoms with Gasteiger partial charge in [-0.3, -0.25) is 0 Å². The molecular weight excluding hydrogens is 832 g/mol. The monoisotopic (exact) mass is 898 g/mol. The van der Waals surface area contributed by atoms with Crippen molar-refractivity contribution in [2.24, 2.45) is 4.99 Å². The maximum atomic E-state index is 9.57. The third-order valence-corrected chi connectivity index (χ3v) is 18.1. The van der Waals surface area contributed by atoms with Crippen LogP contribution in [0.2, 0.25) is 18.1 Å². The van der Waals surface area contributed by atoms with E-state index in [4.69, 9.17) is 32.4 Å². The lowest BCUT2D eigenvalue weighted by atomic mass is 9.80. The van der Waals surface area contributed by atoms with Gasteiger partial charge in [0.2, 0.25) is 0 Å². The Morgan fingerprint density at radius 1 is 0.841 bits per heavy atom. The second-order valence-corrected chi connectivity index (χ2v) is 24.1. The number of benzene rings is 3.